The molecule has 0 saturated heterocycles. The summed E-state index contributed by atoms with van der Waals surface area (Å²) in [6, 6.07) is 35.7. The largest absolute Gasteiger partial charge is 0.228 e. The van der Waals surface area contributed by atoms with Crippen LogP contribution in [0, 0.1) is 0 Å². The van der Waals surface area contributed by atoms with E-state index in [1.54, 1.807) is 0 Å². The third-order valence-electron chi connectivity index (χ3n) is 5.74. The molecule has 6 rings (SSSR count). The van der Waals surface area contributed by atoms with Crippen molar-refractivity contribution in [2.75, 3.05) is 0 Å². The standard InChI is InChI=1S/C28H17BrN2/c29-25-16-15-23(21-9-3-4-10-22(21)25)28-30-26-12-6-5-11-24(26)27(31-28)20-14-13-18-7-1-2-8-19(18)17-20/h1-17H. The lowest BCUT2D eigenvalue weighted by Crippen LogP contribution is -1.96. The van der Waals surface area contributed by atoms with Gasteiger partial charge in [0.2, 0.25) is 0 Å². The van der Waals surface area contributed by atoms with Crippen molar-refractivity contribution in [1.29, 1.82) is 0 Å². The summed E-state index contributed by atoms with van der Waals surface area (Å²) in [6.07, 6.45) is 0. The van der Waals surface area contributed by atoms with E-state index >= 15 is 0 Å². The zero-order valence-electron chi connectivity index (χ0n) is 16.6. The first-order valence-electron chi connectivity index (χ1n) is 10.2. The van der Waals surface area contributed by atoms with Crippen molar-refractivity contribution in [1.82, 2.24) is 9.97 Å². The highest BCUT2D eigenvalue weighted by Gasteiger charge is 2.14. The van der Waals surface area contributed by atoms with E-state index in [2.05, 4.69) is 107 Å². The molecule has 0 radical (unpaired) electrons. The minimum Gasteiger partial charge on any atom is -0.228 e. The number of benzene rings is 5. The molecule has 0 atom stereocenters. The molecule has 0 aliphatic rings. The van der Waals surface area contributed by atoms with Gasteiger partial charge in [0.25, 0.3) is 0 Å². The lowest BCUT2D eigenvalue weighted by molar-refractivity contribution is 1.23. The lowest BCUT2D eigenvalue weighted by atomic mass is 10.0. The Morgan fingerprint density at radius 1 is 0.548 bits per heavy atom. The predicted octanol–water partition coefficient (Wildman–Crippen LogP) is 8.03. The van der Waals surface area contributed by atoms with Crippen molar-refractivity contribution in [2.24, 2.45) is 0 Å². The molecule has 5 aromatic carbocycles. The Labute approximate surface area is 188 Å². The molecule has 0 fully saturated rings. The second-order valence-electron chi connectivity index (χ2n) is 7.62. The van der Waals surface area contributed by atoms with Crippen molar-refractivity contribution in [3.05, 3.63) is 108 Å². The maximum absolute atomic E-state index is 5.10. The van der Waals surface area contributed by atoms with Crippen molar-refractivity contribution in [3.8, 4) is 22.6 Å². The molecular weight excluding hydrogens is 444 g/mol. The maximum atomic E-state index is 5.10. The highest BCUT2D eigenvalue weighted by Crippen LogP contribution is 2.35. The molecule has 1 heterocycles. The van der Waals surface area contributed by atoms with Gasteiger partial charge >= 0.3 is 0 Å². The highest BCUT2D eigenvalue weighted by molar-refractivity contribution is 9.10. The second kappa shape index (κ2) is 7.29. The Balaban J connectivity index is 1.66. The van der Waals surface area contributed by atoms with E-state index in [0.29, 0.717) is 0 Å². The zero-order valence-corrected chi connectivity index (χ0v) is 18.2. The van der Waals surface area contributed by atoms with Crippen LogP contribution in [0.3, 0.4) is 0 Å². The summed E-state index contributed by atoms with van der Waals surface area (Å²) >= 11 is 3.68. The second-order valence-corrected chi connectivity index (χ2v) is 8.47. The van der Waals surface area contributed by atoms with E-state index in [4.69, 9.17) is 9.97 Å². The summed E-state index contributed by atoms with van der Waals surface area (Å²) in [4.78, 5) is 10.0. The molecule has 6 aromatic rings. The molecule has 2 nitrogen and oxygen atoms in total. The molecule has 0 spiro atoms. The van der Waals surface area contributed by atoms with E-state index in [1.807, 2.05) is 12.1 Å². The maximum Gasteiger partial charge on any atom is 0.161 e. The number of nitrogens with zero attached hydrogens (tertiary/aromatic N) is 2. The van der Waals surface area contributed by atoms with Crippen LogP contribution in [-0.2, 0) is 0 Å². The van der Waals surface area contributed by atoms with Gasteiger partial charge in [0.05, 0.1) is 11.2 Å². The van der Waals surface area contributed by atoms with E-state index in [1.165, 1.54) is 10.8 Å². The molecule has 0 N–H and O–H groups in total. The van der Waals surface area contributed by atoms with Crippen molar-refractivity contribution in [2.45, 2.75) is 0 Å². The van der Waals surface area contributed by atoms with Gasteiger partial charge < -0.3 is 0 Å². The smallest absolute Gasteiger partial charge is 0.161 e. The number of rotatable bonds is 2. The van der Waals surface area contributed by atoms with Gasteiger partial charge in [0.15, 0.2) is 5.82 Å². The molecular formula is C28H17BrN2. The molecule has 0 aliphatic heterocycles. The predicted molar refractivity (Wildman–Crippen MR) is 133 cm³/mol. The Hall–Kier alpha value is -3.56. The minimum absolute atomic E-state index is 0.741. The third-order valence-corrected chi connectivity index (χ3v) is 6.43. The summed E-state index contributed by atoms with van der Waals surface area (Å²) in [7, 11) is 0. The Kier molecular flexibility index (Phi) is 4.29. The Morgan fingerprint density at radius 2 is 1.26 bits per heavy atom. The van der Waals surface area contributed by atoms with E-state index in [-0.39, 0.29) is 0 Å². The zero-order chi connectivity index (χ0) is 20.8. The molecule has 3 heteroatoms. The van der Waals surface area contributed by atoms with E-state index in [9.17, 15) is 0 Å². The normalized spacial score (nSPS) is 11.4. The molecule has 0 bridgehead atoms. The Morgan fingerprint density at radius 3 is 2.13 bits per heavy atom. The summed E-state index contributed by atoms with van der Waals surface area (Å²) in [5.41, 5.74) is 4.03. The number of para-hydroxylation sites is 1. The molecule has 0 aliphatic carbocycles. The first kappa shape index (κ1) is 18.2. The molecule has 0 saturated carbocycles. The van der Waals surface area contributed by atoms with Crippen LogP contribution in [0.4, 0.5) is 0 Å². The molecule has 0 amide bonds. The van der Waals surface area contributed by atoms with Gasteiger partial charge in [-0.05, 0) is 45.8 Å². The van der Waals surface area contributed by atoms with E-state index < -0.39 is 0 Å². The fourth-order valence-electron chi connectivity index (χ4n) is 4.21. The van der Waals surface area contributed by atoms with Gasteiger partial charge in [0.1, 0.15) is 0 Å². The minimum atomic E-state index is 0.741. The molecule has 1 aromatic heterocycles. The van der Waals surface area contributed by atoms with Gasteiger partial charge in [-0.15, -0.1) is 0 Å². The fraction of sp³-hybridized carbons (Fsp3) is 0. The van der Waals surface area contributed by atoms with Crippen LogP contribution < -0.4 is 0 Å². The van der Waals surface area contributed by atoms with Gasteiger partial charge in [-0.25, -0.2) is 9.97 Å². The van der Waals surface area contributed by atoms with Gasteiger partial charge in [-0.1, -0.05) is 94.8 Å². The summed E-state index contributed by atoms with van der Waals surface area (Å²) in [6.45, 7) is 0. The van der Waals surface area contributed by atoms with Crippen LogP contribution in [-0.4, -0.2) is 9.97 Å². The monoisotopic (exact) mass is 460 g/mol. The number of aromatic nitrogens is 2. The van der Waals surface area contributed by atoms with Crippen LogP contribution >= 0.6 is 15.9 Å². The van der Waals surface area contributed by atoms with Crippen LogP contribution in [0.1, 0.15) is 0 Å². The SMILES string of the molecule is Brc1ccc(-c2nc(-c3ccc4ccccc4c3)c3ccccc3n2)c2ccccc12. The fourth-order valence-corrected chi connectivity index (χ4v) is 4.69. The molecule has 0 unspecified atom stereocenters. The first-order valence-corrected chi connectivity index (χ1v) is 11.0. The molecule has 31 heavy (non-hydrogen) atoms. The van der Waals surface area contributed by atoms with Gasteiger partial charge in [0, 0.05) is 21.0 Å². The molecule has 146 valence electrons. The van der Waals surface area contributed by atoms with Crippen LogP contribution in [0.25, 0.3) is 55.1 Å². The van der Waals surface area contributed by atoms with Crippen LogP contribution in [0.15, 0.2) is 108 Å². The van der Waals surface area contributed by atoms with Gasteiger partial charge in [-0.2, -0.15) is 0 Å². The number of halogens is 1. The topological polar surface area (TPSA) is 25.8 Å². The van der Waals surface area contributed by atoms with Gasteiger partial charge in [-0.3, -0.25) is 0 Å². The van der Waals surface area contributed by atoms with Crippen molar-refractivity contribution >= 4 is 48.4 Å². The van der Waals surface area contributed by atoms with Crippen molar-refractivity contribution < 1.29 is 0 Å². The average Bonchev–Trinajstić information content (AvgIpc) is 2.83. The summed E-state index contributed by atoms with van der Waals surface area (Å²) in [5.74, 6) is 0.741. The Bertz CT molecular complexity index is 1600. The third kappa shape index (κ3) is 3.09. The summed E-state index contributed by atoms with van der Waals surface area (Å²) < 4.78 is 1.07. The highest BCUT2D eigenvalue weighted by atomic mass is 79.9. The number of hydrogen-bond donors (Lipinski definition) is 0. The van der Waals surface area contributed by atoms with E-state index in [0.717, 1.165) is 48.8 Å². The first-order chi connectivity index (χ1) is 15.3. The van der Waals surface area contributed by atoms with Crippen LogP contribution in [0.5, 0.6) is 0 Å². The van der Waals surface area contributed by atoms with Crippen molar-refractivity contribution in [3.63, 3.8) is 0 Å². The van der Waals surface area contributed by atoms with Crippen LogP contribution in [0.2, 0.25) is 0 Å². The number of hydrogen-bond acceptors (Lipinski definition) is 2. The quantitative estimate of drug-likeness (QED) is 0.261. The number of fused-ring (bicyclic) bond motifs is 3. The average molecular weight is 461 g/mol. The summed E-state index contributed by atoms with van der Waals surface area (Å²) in [5, 5.41) is 5.78. The lowest BCUT2D eigenvalue weighted by Gasteiger charge is -2.12.